The van der Waals surface area contributed by atoms with Crippen molar-refractivity contribution < 1.29 is 14.7 Å². The van der Waals surface area contributed by atoms with Gasteiger partial charge in [-0.15, -0.1) is 0 Å². The Kier molecular flexibility index (Phi) is 4.56. The van der Waals surface area contributed by atoms with Gasteiger partial charge in [-0.05, 0) is 13.3 Å². The molecule has 0 fully saturated rings. The molecular weight excluding hydrogens is 222 g/mol. The zero-order valence-electron chi connectivity index (χ0n) is 9.83. The van der Waals surface area contributed by atoms with Crippen LogP contribution in [-0.2, 0) is 4.79 Å². The highest BCUT2D eigenvalue weighted by Crippen LogP contribution is 2.08. The van der Waals surface area contributed by atoms with Crippen molar-refractivity contribution in [3.63, 3.8) is 0 Å². The minimum atomic E-state index is -1.04. The summed E-state index contributed by atoms with van der Waals surface area (Å²) in [6.07, 6.45) is 4.88. The van der Waals surface area contributed by atoms with Crippen molar-refractivity contribution >= 4 is 11.9 Å². The van der Waals surface area contributed by atoms with E-state index in [1.807, 2.05) is 6.92 Å². The number of carbonyl (C=O) groups is 2. The van der Waals surface area contributed by atoms with Crippen LogP contribution in [0.2, 0.25) is 0 Å². The second-order valence-corrected chi connectivity index (χ2v) is 3.67. The Morgan fingerprint density at radius 1 is 1.47 bits per heavy atom. The number of carboxylic acid groups (broad SMARTS) is 1. The summed E-state index contributed by atoms with van der Waals surface area (Å²) in [7, 11) is 0. The third-order valence-electron chi connectivity index (χ3n) is 2.47. The molecule has 1 N–H and O–H groups in total. The molecule has 1 aromatic rings. The highest BCUT2D eigenvalue weighted by molar-refractivity contribution is 5.94. The lowest BCUT2D eigenvalue weighted by Crippen LogP contribution is -2.42. The average molecular weight is 237 g/mol. The van der Waals surface area contributed by atoms with Gasteiger partial charge in [-0.3, -0.25) is 14.6 Å². The molecule has 6 heteroatoms. The van der Waals surface area contributed by atoms with E-state index in [-0.39, 0.29) is 18.3 Å². The molecule has 0 spiro atoms. The minimum absolute atomic E-state index is 0.152. The molecule has 1 atom stereocenters. The third-order valence-corrected chi connectivity index (χ3v) is 2.47. The van der Waals surface area contributed by atoms with Crippen LogP contribution in [0.4, 0.5) is 0 Å². The van der Waals surface area contributed by atoms with Gasteiger partial charge in [0.25, 0.3) is 5.91 Å². The molecule has 0 aliphatic carbocycles. The van der Waals surface area contributed by atoms with E-state index in [2.05, 4.69) is 9.97 Å². The fraction of sp³-hybridized carbons (Fsp3) is 0.455. The Labute approximate surface area is 99.3 Å². The van der Waals surface area contributed by atoms with Crippen LogP contribution in [0.15, 0.2) is 18.6 Å². The first-order valence-corrected chi connectivity index (χ1v) is 5.35. The van der Waals surface area contributed by atoms with Gasteiger partial charge in [-0.1, -0.05) is 6.92 Å². The smallest absolute Gasteiger partial charge is 0.323 e. The first-order valence-electron chi connectivity index (χ1n) is 5.35. The molecule has 92 valence electrons. The second kappa shape index (κ2) is 5.93. The van der Waals surface area contributed by atoms with Crippen molar-refractivity contribution in [1.82, 2.24) is 14.9 Å². The second-order valence-electron chi connectivity index (χ2n) is 3.67. The number of hydrogen-bond donors (Lipinski definition) is 1. The van der Waals surface area contributed by atoms with Crippen LogP contribution in [0.1, 0.15) is 30.8 Å². The van der Waals surface area contributed by atoms with Gasteiger partial charge in [0.2, 0.25) is 0 Å². The highest BCUT2D eigenvalue weighted by atomic mass is 16.4. The van der Waals surface area contributed by atoms with E-state index >= 15 is 0 Å². The first kappa shape index (κ1) is 13.1. The number of hydrogen-bond acceptors (Lipinski definition) is 4. The van der Waals surface area contributed by atoms with Crippen molar-refractivity contribution in [3.05, 3.63) is 24.3 Å². The van der Waals surface area contributed by atoms with E-state index in [4.69, 9.17) is 5.11 Å². The Morgan fingerprint density at radius 3 is 2.65 bits per heavy atom. The van der Waals surface area contributed by atoms with Crippen LogP contribution in [0.25, 0.3) is 0 Å². The van der Waals surface area contributed by atoms with Gasteiger partial charge in [-0.2, -0.15) is 0 Å². The van der Waals surface area contributed by atoms with Crippen LogP contribution >= 0.6 is 0 Å². The number of carboxylic acids is 1. The lowest BCUT2D eigenvalue weighted by atomic mass is 10.2. The topological polar surface area (TPSA) is 83.4 Å². The lowest BCUT2D eigenvalue weighted by Gasteiger charge is -2.26. The van der Waals surface area contributed by atoms with Crippen LogP contribution < -0.4 is 0 Å². The van der Waals surface area contributed by atoms with Gasteiger partial charge < -0.3 is 10.0 Å². The summed E-state index contributed by atoms with van der Waals surface area (Å²) in [5, 5.41) is 8.79. The molecule has 0 saturated carbocycles. The molecule has 0 aliphatic rings. The number of aromatic nitrogens is 2. The summed E-state index contributed by atoms with van der Waals surface area (Å²) >= 11 is 0. The fourth-order valence-electron chi connectivity index (χ4n) is 1.35. The molecule has 0 bridgehead atoms. The molecule has 0 radical (unpaired) electrons. The van der Waals surface area contributed by atoms with Gasteiger partial charge >= 0.3 is 5.97 Å². The zero-order chi connectivity index (χ0) is 12.8. The molecule has 0 aliphatic heterocycles. The zero-order valence-corrected chi connectivity index (χ0v) is 9.83. The van der Waals surface area contributed by atoms with E-state index in [1.54, 1.807) is 6.92 Å². The largest absolute Gasteiger partial charge is 0.480 e. The molecular formula is C11H15N3O3. The number of carbonyl (C=O) groups excluding carboxylic acids is 1. The third kappa shape index (κ3) is 3.51. The molecule has 6 nitrogen and oxygen atoms in total. The molecule has 1 amide bonds. The summed E-state index contributed by atoms with van der Waals surface area (Å²) in [6, 6.07) is -0.152. The van der Waals surface area contributed by atoms with Crippen molar-refractivity contribution in [1.29, 1.82) is 0 Å². The quantitative estimate of drug-likeness (QED) is 0.819. The average Bonchev–Trinajstić information content (AvgIpc) is 2.35. The maximum atomic E-state index is 12.0. The van der Waals surface area contributed by atoms with Crippen molar-refractivity contribution in [3.8, 4) is 0 Å². The van der Waals surface area contributed by atoms with Crippen LogP contribution in [-0.4, -0.2) is 44.4 Å². The van der Waals surface area contributed by atoms with Gasteiger partial charge in [0.05, 0.1) is 6.20 Å². The highest BCUT2D eigenvalue weighted by Gasteiger charge is 2.23. The molecule has 1 rings (SSSR count). The fourth-order valence-corrected chi connectivity index (χ4v) is 1.35. The Morgan fingerprint density at radius 2 is 2.18 bits per heavy atom. The SMILES string of the molecule is CC[C@@H](C)N(CC(=O)O)C(=O)c1cnccn1. The van der Waals surface area contributed by atoms with Crippen LogP contribution in [0.5, 0.6) is 0 Å². The van der Waals surface area contributed by atoms with E-state index in [0.717, 1.165) is 0 Å². The van der Waals surface area contributed by atoms with Crippen molar-refractivity contribution in [2.45, 2.75) is 26.3 Å². The minimum Gasteiger partial charge on any atom is -0.480 e. The van der Waals surface area contributed by atoms with Crippen molar-refractivity contribution in [2.24, 2.45) is 0 Å². The van der Waals surface area contributed by atoms with Gasteiger partial charge in [-0.25, -0.2) is 4.98 Å². The summed E-state index contributed by atoms with van der Waals surface area (Å²) in [5.41, 5.74) is 0.161. The number of rotatable bonds is 5. The predicted octanol–water partition coefficient (Wildman–Crippen LogP) is 0.802. The lowest BCUT2D eigenvalue weighted by molar-refractivity contribution is -0.138. The number of nitrogens with zero attached hydrogens (tertiary/aromatic N) is 3. The summed E-state index contributed by atoms with van der Waals surface area (Å²) in [6.45, 7) is 3.37. The maximum Gasteiger partial charge on any atom is 0.323 e. The summed E-state index contributed by atoms with van der Waals surface area (Å²) in [5.74, 6) is -1.45. The van der Waals surface area contributed by atoms with E-state index in [1.165, 1.54) is 23.5 Å². The molecule has 0 unspecified atom stereocenters. The Balaban J connectivity index is 2.90. The molecule has 1 aromatic heterocycles. The molecule has 0 saturated heterocycles. The molecule has 0 aromatic carbocycles. The van der Waals surface area contributed by atoms with Crippen molar-refractivity contribution in [2.75, 3.05) is 6.54 Å². The Hall–Kier alpha value is -1.98. The van der Waals surface area contributed by atoms with Gasteiger partial charge in [0.1, 0.15) is 12.2 Å². The maximum absolute atomic E-state index is 12.0. The normalized spacial score (nSPS) is 11.9. The van der Waals surface area contributed by atoms with E-state index < -0.39 is 11.9 Å². The molecule has 1 heterocycles. The summed E-state index contributed by atoms with van der Waals surface area (Å²) in [4.78, 5) is 31.7. The first-order chi connectivity index (χ1) is 8.06. The monoisotopic (exact) mass is 237 g/mol. The number of aliphatic carboxylic acids is 1. The molecule has 17 heavy (non-hydrogen) atoms. The van der Waals surface area contributed by atoms with E-state index in [9.17, 15) is 9.59 Å². The number of amides is 1. The van der Waals surface area contributed by atoms with Gasteiger partial charge in [0, 0.05) is 18.4 Å². The van der Waals surface area contributed by atoms with Crippen LogP contribution in [0, 0.1) is 0 Å². The van der Waals surface area contributed by atoms with E-state index in [0.29, 0.717) is 6.42 Å². The standard InChI is InChI=1S/C11H15N3O3/c1-3-8(2)14(7-10(15)16)11(17)9-6-12-4-5-13-9/h4-6,8H,3,7H2,1-2H3,(H,15,16)/t8-/m1/s1. The summed E-state index contributed by atoms with van der Waals surface area (Å²) < 4.78 is 0. The van der Waals surface area contributed by atoms with Crippen LogP contribution in [0.3, 0.4) is 0 Å². The Bertz CT molecular complexity index is 394. The predicted molar refractivity (Wildman–Crippen MR) is 60.5 cm³/mol. The van der Waals surface area contributed by atoms with Gasteiger partial charge in [0.15, 0.2) is 0 Å².